The van der Waals surface area contributed by atoms with E-state index in [4.69, 9.17) is 9.47 Å². The molecule has 1 aliphatic carbocycles. The zero-order valence-corrected chi connectivity index (χ0v) is 15.7. The number of nitrogens with zero attached hydrogens (tertiary/aromatic N) is 1. The number of imide groups is 1. The quantitative estimate of drug-likeness (QED) is 0.509. The smallest absolute Gasteiger partial charge is 0.325 e. The molecule has 146 valence electrons. The van der Waals surface area contributed by atoms with Crippen molar-refractivity contribution in [1.29, 1.82) is 0 Å². The standard InChI is InChI=1S/C20H26N2O5/c1-4-5-13-6-9-16(17(10-13)26-3)27-12-15(23)11-22-18(24)20(2,14-7-8-14)21-19(22)25/h4,6,9-10,14-15,23H,1,5,7-8,11-12H2,2-3H3,(H,21,25). The fourth-order valence-corrected chi connectivity index (χ4v) is 3.39. The normalized spacial score (nSPS) is 23.1. The molecule has 2 aliphatic rings. The molecule has 27 heavy (non-hydrogen) atoms. The summed E-state index contributed by atoms with van der Waals surface area (Å²) in [4.78, 5) is 25.8. The number of amides is 3. The van der Waals surface area contributed by atoms with Crippen molar-refractivity contribution in [3.05, 3.63) is 36.4 Å². The highest BCUT2D eigenvalue weighted by Gasteiger charge is 2.56. The molecule has 1 saturated carbocycles. The highest BCUT2D eigenvalue weighted by molar-refractivity contribution is 6.07. The number of β-amino-alcohol motifs (C(OH)–C–C–N with tert-alkyl or cyclic N) is 1. The fraction of sp³-hybridized carbons (Fsp3) is 0.500. The third kappa shape index (κ3) is 3.93. The summed E-state index contributed by atoms with van der Waals surface area (Å²) in [5.41, 5.74) is 0.190. The Morgan fingerprint density at radius 3 is 2.78 bits per heavy atom. The number of allylic oxidation sites excluding steroid dienone is 1. The molecule has 1 aromatic rings. The van der Waals surface area contributed by atoms with E-state index in [0.717, 1.165) is 23.3 Å². The third-order valence-corrected chi connectivity index (χ3v) is 5.13. The number of hydrogen-bond donors (Lipinski definition) is 2. The van der Waals surface area contributed by atoms with Crippen molar-refractivity contribution in [3.63, 3.8) is 0 Å². The van der Waals surface area contributed by atoms with Gasteiger partial charge in [0.1, 0.15) is 18.2 Å². The van der Waals surface area contributed by atoms with Crippen LogP contribution in [0.2, 0.25) is 0 Å². The Morgan fingerprint density at radius 1 is 1.41 bits per heavy atom. The number of aliphatic hydroxyl groups is 1. The highest BCUT2D eigenvalue weighted by atomic mass is 16.5. The monoisotopic (exact) mass is 374 g/mol. The second-order valence-electron chi connectivity index (χ2n) is 7.27. The Bertz CT molecular complexity index is 746. The first kappa shape index (κ1) is 19.2. The molecular weight excluding hydrogens is 348 g/mol. The highest BCUT2D eigenvalue weighted by Crippen LogP contribution is 2.42. The molecule has 7 nitrogen and oxygen atoms in total. The first-order valence-corrected chi connectivity index (χ1v) is 9.11. The minimum absolute atomic E-state index is 0.0611. The van der Waals surface area contributed by atoms with Crippen LogP contribution in [-0.2, 0) is 11.2 Å². The molecule has 1 aliphatic heterocycles. The Hall–Kier alpha value is -2.54. The molecular formula is C20H26N2O5. The van der Waals surface area contributed by atoms with E-state index in [9.17, 15) is 14.7 Å². The second-order valence-corrected chi connectivity index (χ2v) is 7.27. The number of methoxy groups -OCH3 is 1. The number of urea groups is 1. The predicted octanol–water partition coefficient (Wildman–Crippen LogP) is 1.88. The first-order chi connectivity index (χ1) is 12.9. The van der Waals surface area contributed by atoms with Crippen LogP contribution < -0.4 is 14.8 Å². The number of carbonyl (C=O) groups excluding carboxylic acids is 2. The van der Waals surface area contributed by atoms with E-state index in [1.807, 2.05) is 12.1 Å². The van der Waals surface area contributed by atoms with Gasteiger partial charge >= 0.3 is 6.03 Å². The van der Waals surface area contributed by atoms with E-state index in [-0.39, 0.29) is 25.0 Å². The average molecular weight is 374 g/mol. The average Bonchev–Trinajstić information content (AvgIpc) is 3.47. The van der Waals surface area contributed by atoms with Gasteiger partial charge in [0, 0.05) is 0 Å². The molecule has 0 aromatic heterocycles. The molecule has 2 unspecified atom stereocenters. The SMILES string of the molecule is C=CCc1ccc(OCC(O)CN2C(=O)NC(C)(C3CC3)C2=O)c(OC)c1. The Kier molecular flexibility index (Phi) is 5.41. The number of ether oxygens (including phenoxy) is 2. The van der Waals surface area contributed by atoms with E-state index < -0.39 is 17.7 Å². The van der Waals surface area contributed by atoms with Gasteiger partial charge in [-0.3, -0.25) is 9.69 Å². The van der Waals surface area contributed by atoms with Crippen molar-refractivity contribution in [2.24, 2.45) is 5.92 Å². The molecule has 3 rings (SSSR count). The van der Waals surface area contributed by atoms with Crippen molar-refractivity contribution >= 4 is 11.9 Å². The van der Waals surface area contributed by atoms with Gasteiger partial charge in [-0.15, -0.1) is 6.58 Å². The van der Waals surface area contributed by atoms with Crippen molar-refractivity contribution in [1.82, 2.24) is 10.2 Å². The van der Waals surface area contributed by atoms with Gasteiger partial charge in [-0.1, -0.05) is 12.1 Å². The van der Waals surface area contributed by atoms with Gasteiger partial charge in [0.2, 0.25) is 0 Å². The number of aliphatic hydroxyl groups excluding tert-OH is 1. The van der Waals surface area contributed by atoms with E-state index >= 15 is 0 Å². The summed E-state index contributed by atoms with van der Waals surface area (Å²) in [5.74, 6) is 0.952. The van der Waals surface area contributed by atoms with Gasteiger partial charge in [-0.05, 0) is 49.8 Å². The van der Waals surface area contributed by atoms with Crippen LogP contribution in [0.5, 0.6) is 11.5 Å². The zero-order chi connectivity index (χ0) is 19.6. The summed E-state index contributed by atoms with van der Waals surface area (Å²) >= 11 is 0. The van der Waals surface area contributed by atoms with Crippen LogP contribution in [-0.4, -0.2) is 53.8 Å². The second kappa shape index (κ2) is 7.60. The lowest BCUT2D eigenvalue weighted by Crippen LogP contribution is -2.46. The molecule has 2 fully saturated rings. The summed E-state index contributed by atoms with van der Waals surface area (Å²) in [5, 5.41) is 13.0. The number of benzene rings is 1. The lowest BCUT2D eigenvalue weighted by molar-refractivity contribution is -0.132. The Balaban J connectivity index is 1.58. The predicted molar refractivity (Wildman–Crippen MR) is 99.8 cm³/mol. The maximum Gasteiger partial charge on any atom is 0.325 e. The fourth-order valence-electron chi connectivity index (χ4n) is 3.39. The maximum absolute atomic E-state index is 12.6. The summed E-state index contributed by atoms with van der Waals surface area (Å²) in [6.07, 6.45) is 3.38. The number of hydrogen-bond acceptors (Lipinski definition) is 5. The van der Waals surface area contributed by atoms with E-state index in [2.05, 4.69) is 11.9 Å². The van der Waals surface area contributed by atoms with Crippen LogP contribution in [0.15, 0.2) is 30.9 Å². The third-order valence-electron chi connectivity index (χ3n) is 5.13. The summed E-state index contributed by atoms with van der Waals surface area (Å²) in [6.45, 7) is 5.29. The van der Waals surface area contributed by atoms with Crippen molar-refractivity contribution in [3.8, 4) is 11.5 Å². The molecule has 0 spiro atoms. The van der Waals surface area contributed by atoms with E-state index in [1.54, 1.807) is 26.2 Å². The van der Waals surface area contributed by atoms with Gasteiger partial charge in [-0.2, -0.15) is 0 Å². The van der Waals surface area contributed by atoms with Crippen LogP contribution in [0.25, 0.3) is 0 Å². The van der Waals surface area contributed by atoms with Crippen molar-refractivity contribution in [2.75, 3.05) is 20.3 Å². The van der Waals surface area contributed by atoms with Crippen molar-refractivity contribution in [2.45, 2.75) is 37.8 Å². The Morgan fingerprint density at radius 2 is 2.15 bits per heavy atom. The topological polar surface area (TPSA) is 88.1 Å². The summed E-state index contributed by atoms with van der Waals surface area (Å²) < 4.78 is 11.0. The molecule has 3 amide bonds. The molecule has 2 atom stereocenters. The lowest BCUT2D eigenvalue weighted by Gasteiger charge is -2.22. The van der Waals surface area contributed by atoms with E-state index in [0.29, 0.717) is 17.9 Å². The van der Waals surface area contributed by atoms with Crippen LogP contribution >= 0.6 is 0 Å². The van der Waals surface area contributed by atoms with Crippen LogP contribution in [0, 0.1) is 5.92 Å². The van der Waals surface area contributed by atoms with Crippen molar-refractivity contribution < 1.29 is 24.2 Å². The Labute approximate surface area is 158 Å². The molecule has 2 N–H and O–H groups in total. The van der Waals surface area contributed by atoms with Crippen LogP contribution in [0.3, 0.4) is 0 Å². The largest absolute Gasteiger partial charge is 0.493 e. The molecule has 0 radical (unpaired) electrons. The minimum Gasteiger partial charge on any atom is -0.493 e. The number of nitrogens with one attached hydrogen (secondary N) is 1. The van der Waals surface area contributed by atoms with Gasteiger partial charge in [0.15, 0.2) is 11.5 Å². The number of rotatable bonds is 9. The summed E-state index contributed by atoms with van der Waals surface area (Å²) in [7, 11) is 1.54. The summed E-state index contributed by atoms with van der Waals surface area (Å²) in [6, 6.07) is 5.05. The maximum atomic E-state index is 12.6. The molecule has 0 bridgehead atoms. The van der Waals surface area contributed by atoms with Gasteiger partial charge < -0.3 is 19.9 Å². The first-order valence-electron chi connectivity index (χ1n) is 9.11. The lowest BCUT2D eigenvalue weighted by atomic mass is 9.96. The molecule has 1 aromatic carbocycles. The van der Waals surface area contributed by atoms with Gasteiger partial charge in [0.25, 0.3) is 5.91 Å². The molecule has 1 heterocycles. The molecule has 1 saturated heterocycles. The van der Waals surface area contributed by atoms with Crippen LogP contribution in [0.1, 0.15) is 25.3 Å². The minimum atomic E-state index is -1.00. The van der Waals surface area contributed by atoms with Gasteiger partial charge in [0.05, 0.1) is 13.7 Å². The van der Waals surface area contributed by atoms with Crippen LogP contribution in [0.4, 0.5) is 4.79 Å². The van der Waals surface area contributed by atoms with Gasteiger partial charge in [-0.25, -0.2) is 4.79 Å². The van der Waals surface area contributed by atoms with E-state index in [1.165, 1.54) is 0 Å². The number of carbonyl (C=O) groups is 2. The zero-order valence-electron chi connectivity index (χ0n) is 15.7. The molecule has 7 heteroatoms.